The Hall–Kier alpha value is -2.51. The summed E-state index contributed by atoms with van der Waals surface area (Å²) in [6, 6.07) is 7.29. The highest BCUT2D eigenvalue weighted by Crippen LogP contribution is 2.36. The number of nitrogens with zero attached hydrogens (tertiary/aromatic N) is 2. The molecule has 1 amide bonds. The van der Waals surface area contributed by atoms with Gasteiger partial charge >= 0.3 is 6.18 Å². The van der Waals surface area contributed by atoms with E-state index in [-0.39, 0.29) is 29.1 Å². The van der Waals surface area contributed by atoms with Crippen LogP contribution in [-0.2, 0) is 24.4 Å². The molecule has 2 heterocycles. The Kier molecular flexibility index (Phi) is 6.46. The molecule has 0 aliphatic carbocycles. The van der Waals surface area contributed by atoms with Crippen LogP contribution in [0.15, 0.2) is 30.3 Å². The molecular formula is C25H23Cl2F3N2O2. The van der Waals surface area contributed by atoms with E-state index in [0.717, 1.165) is 17.8 Å². The van der Waals surface area contributed by atoms with Gasteiger partial charge in [-0.15, -0.1) is 0 Å². The minimum Gasteiger partial charge on any atom is -0.347 e. The number of fused-ring (bicyclic) bond motifs is 1. The Balaban J connectivity index is 1.65. The number of carbonyl (C=O) groups is 2. The fraction of sp³-hybridized carbons (Fsp3) is 0.360. The molecule has 0 unspecified atom stereocenters. The summed E-state index contributed by atoms with van der Waals surface area (Å²) in [6.45, 7) is 4.17. The van der Waals surface area contributed by atoms with E-state index in [0.29, 0.717) is 52.1 Å². The third kappa shape index (κ3) is 4.56. The number of ketones is 1. The van der Waals surface area contributed by atoms with Crippen LogP contribution in [0.3, 0.4) is 0 Å². The Morgan fingerprint density at radius 1 is 1.12 bits per heavy atom. The summed E-state index contributed by atoms with van der Waals surface area (Å²) in [4.78, 5) is 25.9. The maximum atomic E-state index is 13.3. The molecular weight excluding hydrogens is 488 g/mol. The van der Waals surface area contributed by atoms with Crippen LogP contribution in [0.5, 0.6) is 0 Å². The predicted octanol–water partition coefficient (Wildman–Crippen LogP) is 6.45. The standard InChI is InChI=1S/C25H23Cl2F3N2O2/c1-13-6-16(25(28,29)30)8-22-19(13)9-17(31(22)3)10-20-21(26)5-4-18(23(20)27)24(34)32-11-15(12-32)7-14(2)33/h4-6,8-9,15H,7,10-12H2,1-3H3. The third-order valence-corrected chi connectivity index (χ3v) is 7.18. The number of aromatic nitrogens is 1. The van der Waals surface area contributed by atoms with Crippen LogP contribution in [0, 0.1) is 12.8 Å². The van der Waals surface area contributed by atoms with Gasteiger partial charge in [0.05, 0.1) is 16.1 Å². The van der Waals surface area contributed by atoms with Crippen LogP contribution >= 0.6 is 23.2 Å². The lowest BCUT2D eigenvalue weighted by Crippen LogP contribution is -2.50. The summed E-state index contributed by atoms with van der Waals surface area (Å²) in [7, 11) is 1.70. The van der Waals surface area contributed by atoms with Crippen molar-refractivity contribution in [2.45, 2.75) is 32.9 Å². The Bertz CT molecular complexity index is 1310. The van der Waals surface area contributed by atoms with E-state index in [1.54, 1.807) is 35.6 Å². The van der Waals surface area contributed by atoms with Gasteiger partial charge in [-0.05, 0) is 55.3 Å². The minimum atomic E-state index is -4.44. The summed E-state index contributed by atoms with van der Waals surface area (Å²) in [5.74, 6) is 0.0227. The highest BCUT2D eigenvalue weighted by molar-refractivity contribution is 6.38. The minimum absolute atomic E-state index is 0.0939. The van der Waals surface area contributed by atoms with Crippen LogP contribution in [-0.4, -0.2) is 34.2 Å². The van der Waals surface area contributed by atoms with E-state index in [2.05, 4.69) is 0 Å². The average Bonchev–Trinajstić information content (AvgIpc) is 3.03. The molecule has 1 fully saturated rings. The highest BCUT2D eigenvalue weighted by Gasteiger charge is 2.34. The summed E-state index contributed by atoms with van der Waals surface area (Å²) < 4.78 is 41.6. The van der Waals surface area contributed by atoms with Crippen molar-refractivity contribution in [2.75, 3.05) is 13.1 Å². The first kappa shape index (κ1) is 24.6. The maximum Gasteiger partial charge on any atom is 0.416 e. The molecule has 34 heavy (non-hydrogen) atoms. The molecule has 4 nitrogen and oxygen atoms in total. The molecule has 3 aromatic rings. The van der Waals surface area contributed by atoms with Crippen molar-refractivity contribution < 1.29 is 22.8 Å². The van der Waals surface area contributed by atoms with Crippen molar-refractivity contribution in [3.05, 3.63) is 68.3 Å². The van der Waals surface area contributed by atoms with Gasteiger partial charge in [0, 0.05) is 60.5 Å². The van der Waals surface area contributed by atoms with Gasteiger partial charge in [-0.25, -0.2) is 0 Å². The van der Waals surface area contributed by atoms with E-state index < -0.39 is 11.7 Å². The van der Waals surface area contributed by atoms with Gasteiger partial charge in [0.1, 0.15) is 5.78 Å². The Morgan fingerprint density at radius 2 is 1.79 bits per heavy atom. The van der Waals surface area contributed by atoms with Crippen LogP contribution in [0.2, 0.25) is 10.0 Å². The van der Waals surface area contributed by atoms with Crippen molar-refractivity contribution in [2.24, 2.45) is 13.0 Å². The smallest absolute Gasteiger partial charge is 0.347 e. The van der Waals surface area contributed by atoms with Gasteiger partial charge in [0.25, 0.3) is 5.91 Å². The molecule has 1 saturated heterocycles. The van der Waals surface area contributed by atoms with E-state index >= 15 is 0 Å². The predicted molar refractivity (Wildman–Crippen MR) is 127 cm³/mol. The van der Waals surface area contributed by atoms with Crippen molar-refractivity contribution in [3.8, 4) is 0 Å². The lowest BCUT2D eigenvalue weighted by Gasteiger charge is -2.39. The van der Waals surface area contributed by atoms with Crippen molar-refractivity contribution in [1.82, 2.24) is 9.47 Å². The quantitative estimate of drug-likeness (QED) is 0.395. The molecule has 0 radical (unpaired) electrons. The van der Waals surface area contributed by atoms with Gasteiger partial charge in [0.2, 0.25) is 0 Å². The van der Waals surface area contributed by atoms with Crippen molar-refractivity contribution in [3.63, 3.8) is 0 Å². The summed E-state index contributed by atoms with van der Waals surface area (Å²) in [5, 5.41) is 1.31. The van der Waals surface area contributed by atoms with E-state index in [9.17, 15) is 22.8 Å². The van der Waals surface area contributed by atoms with Crippen LogP contribution in [0.4, 0.5) is 13.2 Å². The molecule has 9 heteroatoms. The van der Waals surface area contributed by atoms with Crippen molar-refractivity contribution in [1.29, 1.82) is 0 Å². The zero-order valence-corrected chi connectivity index (χ0v) is 20.4. The molecule has 2 aromatic carbocycles. The summed E-state index contributed by atoms with van der Waals surface area (Å²) in [6.07, 6.45) is -3.75. The number of amides is 1. The first-order valence-corrected chi connectivity index (χ1v) is 11.5. The first-order valence-electron chi connectivity index (χ1n) is 10.8. The lowest BCUT2D eigenvalue weighted by molar-refractivity contribution is -0.137. The number of hydrogen-bond acceptors (Lipinski definition) is 2. The van der Waals surface area contributed by atoms with E-state index in [1.165, 1.54) is 6.92 Å². The van der Waals surface area contributed by atoms with E-state index in [4.69, 9.17) is 23.2 Å². The molecule has 0 N–H and O–H groups in total. The second-order valence-corrected chi connectivity index (χ2v) is 9.75. The van der Waals surface area contributed by atoms with Gasteiger partial charge in [0.15, 0.2) is 0 Å². The molecule has 0 spiro atoms. The number of alkyl halides is 3. The van der Waals surface area contributed by atoms with Gasteiger partial charge in [-0.1, -0.05) is 23.2 Å². The van der Waals surface area contributed by atoms with Gasteiger partial charge < -0.3 is 14.3 Å². The molecule has 0 saturated carbocycles. The Morgan fingerprint density at radius 3 is 2.41 bits per heavy atom. The topological polar surface area (TPSA) is 42.3 Å². The number of likely N-dealkylation sites (tertiary alicyclic amines) is 1. The average molecular weight is 511 g/mol. The SMILES string of the molecule is CC(=O)CC1CN(C(=O)c2ccc(Cl)c(Cc3cc4c(C)cc(C(F)(F)F)cc4n3C)c2Cl)C1. The van der Waals surface area contributed by atoms with Crippen LogP contribution < -0.4 is 0 Å². The van der Waals surface area contributed by atoms with Gasteiger partial charge in [-0.2, -0.15) is 13.2 Å². The molecule has 0 atom stereocenters. The summed E-state index contributed by atoms with van der Waals surface area (Å²) >= 11 is 13.1. The molecule has 0 bridgehead atoms. The van der Waals surface area contributed by atoms with E-state index in [1.807, 2.05) is 6.07 Å². The first-order chi connectivity index (χ1) is 15.9. The van der Waals surface area contributed by atoms with Crippen molar-refractivity contribution >= 4 is 45.8 Å². The third-order valence-electron chi connectivity index (χ3n) is 6.39. The second-order valence-electron chi connectivity index (χ2n) is 8.96. The maximum absolute atomic E-state index is 13.3. The van der Waals surface area contributed by atoms with Gasteiger partial charge in [-0.3, -0.25) is 4.79 Å². The number of halogens is 5. The number of rotatable bonds is 5. The van der Waals surface area contributed by atoms with Crippen LogP contribution in [0.1, 0.15) is 46.1 Å². The molecule has 1 aromatic heterocycles. The fourth-order valence-corrected chi connectivity index (χ4v) is 5.13. The summed E-state index contributed by atoms with van der Waals surface area (Å²) in [5.41, 5.74) is 1.85. The normalized spacial score (nSPS) is 14.5. The zero-order valence-electron chi connectivity index (χ0n) is 18.9. The monoisotopic (exact) mass is 510 g/mol. The van der Waals surface area contributed by atoms with Crippen LogP contribution in [0.25, 0.3) is 10.9 Å². The number of aryl methyl sites for hydroxylation is 2. The molecule has 4 rings (SSSR count). The molecule has 180 valence electrons. The number of benzene rings is 2. The highest BCUT2D eigenvalue weighted by atomic mass is 35.5. The number of Topliss-reactive ketones (excluding diaryl/α,β-unsaturated/α-hetero) is 1. The second kappa shape index (κ2) is 8.93. The molecule has 1 aliphatic rings. The zero-order chi connectivity index (χ0) is 24.9. The Labute approximate surface area is 205 Å². The largest absolute Gasteiger partial charge is 0.416 e. The number of hydrogen-bond donors (Lipinski definition) is 0. The molecule has 1 aliphatic heterocycles. The lowest BCUT2D eigenvalue weighted by atomic mass is 9.93. The number of carbonyl (C=O) groups excluding carboxylic acids is 2. The fourth-order valence-electron chi connectivity index (χ4n) is 4.54.